The molecule has 10 heteroatoms. The van der Waals surface area contributed by atoms with Crippen LogP contribution in [0.15, 0.2) is 52.5 Å². The van der Waals surface area contributed by atoms with Crippen LogP contribution in [-0.4, -0.2) is 25.0 Å². The number of aryl methyl sites for hydroxylation is 1. The largest absolute Gasteiger partial charge is 0.490 e. The van der Waals surface area contributed by atoms with Crippen LogP contribution >= 0.6 is 27.3 Å². The molecular weight excluding hydrogens is 580 g/mol. The van der Waals surface area contributed by atoms with E-state index < -0.39 is 5.91 Å². The van der Waals surface area contributed by atoms with Gasteiger partial charge in [-0.25, -0.2) is 0 Å². The lowest BCUT2D eigenvalue weighted by atomic mass is 9.96. The zero-order valence-corrected chi connectivity index (χ0v) is 23.6. The lowest BCUT2D eigenvalue weighted by Gasteiger charge is -2.15. The number of nitrogens with one attached hydrogen (secondary N) is 2. The molecular formula is C29H25BrN4O4S. The number of para-hydroxylation sites is 1. The maximum Gasteiger partial charge on any atom is 0.266 e. The minimum atomic E-state index is -0.598. The molecule has 2 aromatic carbocycles. The summed E-state index contributed by atoms with van der Waals surface area (Å²) in [6, 6.07) is 16.5. The lowest BCUT2D eigenvalue weighted by Crippen LogP contribution is -2.20. The molecule has 0 saturated heterocycles. The molecule has 2 amide bonds. The first-order valence-corrected chi connectivity index (χ1v) is 14.0. The Morgan fingerprint density at radius 3 is 2.59 bits per heavy atom. The molecule has 0 unspecified atom stereocenters. The van der Waals surface area contributed by atoms with Crippen LogP contribution in [0.2, 0.25) is 0 Å². The van der Waals surface area contributed by atoms with Crippen molar-refractivity contribution >= 4 is 55.8 Å². The van der Waals surface area contributed by atoms with E-state index in [4.69, 9.17) is 9.47 Å². The minimum Gasteiger partial charge on any atom is -0.490 e. The lowest BCUT2D eigenvalue weighted by molar-refractivity contribution is -0.118. The maximum absolute atomic E-state index is 13.0. The van der Waals surface area contributed by atoms with Crippen molar-refractivity contribution in [1.29, 1.82) is 10.5 Å². The number of nitrogens with zero attached hydrogens (tertiary/aromatic N) is 2. The Bertz CT molecular complexity index is 1500. The molecule has 1 aliphatic rings. The van der Waals surface area contributed by atoms with E-state index in [1.807, 2.05) is 31.2 Å². The molecule has 0 atom stereocenters. The summed E-state index contributed by atoms with van der Waals surface area (Å²) in [4.78, 5) is 26.5. The molecule has 198 valence electrons. The van der Waals surface area contributed by atoms with Gasteiger partial charge in [0.1, 0.15) is 22.7 Å². The van der Waals surface area contributed by atoms with Gasteiger partial charge in [0.2, 0.25) is 0 Å². The zero-order valence-electron chi connectivity index (χ0n) is 21.2. The number of hydrogen-bond donors (Lipinski definition) is 2. The fraction of sp³-hybridized carbons (Fsp3) is 0.241. The van der Waals surface area contributed by atoms with Gasteiger partial charge < -0.3 is 20.1 Å². The summed E-state index contributed by atoms with van der Waals surface area (Å²) in [5.74, 6) is -0.265. The number of nitriles is 2. The maximum atomic E-state index is 13.0. The monoisotopic (exact) mass is 604 g/mol. The summed E-state index contributed by atoms with van der Waals surface area (Å²) in [6.07, 6.45) is 5.23. The van der Waals surface area contributed by atoms with Crippen molar-refractivity contribution in [2.24, 2.45) is 0 Å². The summed E-state index contributed by atoms with van der Waals surface area (Å²) in [7, 11) is 0. The van der Waals surface area contributed by atoms with Gasteiger partial charge in [-0.05, 0) is 90.0 Å². The van der Waals surface area contributed by atoms with Gasteiger partial charge in [-0.2, -0.15) is 10.5 Å². The highest BCUT2D eigenvalue weighted by Gasteiger charge is 2.23. The van der Waals surface area contributed by atoms with E-state index in [1.54, 1.807) is 24.3 Å². The Morgan fingerprint density at radius 2 is 1.87 bits per heavy atom. The van der Waals surface area contributed by atoms with E-state index in [2.05, 4.69) is 32.6 Å². The quantitative estimate of drug-likeness (QED) is 0.220. The predicted octanol–water partition coefficient (Wildman–Crippen LogP) is 6.22. The first kappa shape index (κ1) is 27.9. The summed E-state index contributed by atoms with van der Waals surface area (Å²) in [6.45, 7) is 1.89. The number of carbonyl (C=O) groups excluding carboxylic acids is 2. The molecule has 0 saturated carbocycles. The first-order chi connectivity index (χ1) is 18.9. The third-order valence-electron chi connectivity index (χ3n) is 5.92. The van der Waals surface area contributed by atoms with Gasteiger partial charge >= 0.3 is 0 Å². The Morgan fingerprint density at radius 1 is 1.10 bits per heavy atom. The van der Waals surface area contributed by atoms with E-state index in [0.717, 1.165) is 36.1 Å². The molecule has 1 aliphatic carbocycles. The minimum absolute atomic E-state index is 0.129. The number of rotatable bonds is 9. The molecule has 0 spiro atoms. The molecule has 0 fully saturated rings. The second-order valence-corrected chi connectivity index (χ2v) is 10.6. The van der Waals surface area contributed by atoms with E-state index in [-0.39, 0.29) is 18.1 Å². The van der Waals surface area contributed by atoms with Crippen molar-refractivity contribution in [2.75, 3.05) is 23.8 Å². The van der Waals surface area contributed by atoms with Crippen LogP contribution < -0.4 is 20.1 Å². The molecule has 0 radical (unpaired) electrons. The van der Waals surface area contributed by atoms with Crippen LogP contribution in [0.1, 0.15) is 41.3 Å². The normalized spacial score (nSPS) is 12.5. The number of amides is 2. The number of halogens is 1. The number of fused-ring (bicyclic) bond motifs is 1. The number of hydrogen-bond acceptors (Lipinski definition) is 7. The van der Waals surface area contributed by atoms with Crippen molar-refractivity contribution < 1.29 is 19.1 Å². The van der Waals surface area contributed by atoms with E-state index in [1.165, 1.54) is 17.4 Å². The standard InChI is InChI=1S/C29H25BrN4O4S/c1-2-37-24-14-18(13-23(30)27(24)38-17-26(35)33-20-8-4-3-5-9-20)12-19(15-31)28(36)34-29-22(16-32)21-10-6-7-11-25(21)39-29/h3-5,8-9,12-14H,2,6-7,10-11,17H2,1H3,(H,33,35)(H,34,36)/b19-12+. The highest BCUT2D eigenvalue weighted by atomic mass is 79.9. The summed E-state index contributed by atoms with van der Waals surface area (Å²) in [5.41, 5.74) is 2.53. The zero-order chi connectivity index (χ0) is 27.8. The van der Waals surface area contributed by atoms with Crippen LogP contribution in [0.3, 0.4) is 0 Å². The third-order valence-corrected chi connectivity index (χ3v) is 7.72. The topological polar surface area (TPSA) is 124 Å². The molecule has 0 bridgehead atoms. The van der Waals surface area contributed by atoms with Crippen molar-refractivity contribution in [2.45, 2.75) is 32.6 Å². The number of anilines is 2. The average Bonchev–Trinajstić information content (AvgIpc) is 3.28. The van der Waals surface area contributed by atoms with Gasteiger partial charge in [0, 0.05) is 10.6 Å². The third kappa shape index (κ3) is 6.85. The number of carbonyl (C=O) groups is 2. The van der Waals surface area contributed by atoms with Gasteiger partial charge in [-0.1, -0.05) is 18.2 Å². The second-order valence-electron chi connectivity index (χ2n) is 8.62. The predicted molar refractivity (Wildman–Crippen MR) is 154 cm³/mol. The molecule has 8 nitrogen and oxygen atoms in total. The smallest absolute Gasteiger partial charge is 0.266 e. The fourth-order valence-electron chi connectivity index (χ4n) is 4.19. The van der Waals surface area contributed by atoms with E-state index in [9.17, 15) is 20.1 Å². The number of thiophene rings is 1. The van der Waals surface area contributed by atoms with Crippen LogP contribution in [0.4, 0.5) is 10.7 Å². The Hall–Kier alpha value is -4.12. The SMILES string of the molecule is CCOc1cc(/C=C(\C#N)C(=O)Nc2sc3c(c2C#N)CCCC3)cc(Br)c1OCC(=O)Nc1ccccc1. The van der Waals surface area contributed by atoms with Crippen molar-refractivity contribution in [3.05, 3.63) is 74.1 Å². The van der Waals surface area contributed by atoms with Crippen LogP contribution in [-0.2, 0) is 22.4 Å². The summed E-state index contributed by atoms with van der Waals surface area (Å²) >= 11 is 4.86. The summed E-state index contributed by atoms with van der Waals surface area (Å²) in [5, 5.41) is 25.4. The molecule has 4 rings (SSSR count). The molecule has 1 aromatic heterocycles. The Balaban J connectivity index is 1.52. The summed E-state index contributed by atoms with van der Waals surface area (Å²) < 4.78 is 12.0. The highest BCUT2D eigenvalue weighted by Crippen LogP contribution is 2.39. The average molecular weight is 606 g/mol. The fourth-order valence-corrected chi connectivity index (χ4v) is 6.00. The van der Waals surface area contributed by atoms with Crippen LogP contribution in [0.25, 0.3) is 6.08 Å². The molecule has 2 N–H and O–H groups in total. The second kappa shape index (κ2) is 13.1. The molecule has 39 heavy (non-hydrogen) atoms. The van der Waals surface area contributed by atoms with E-state index >= 15 is 0 Å². The van der Waals surface area contributed by atoms with Gasteiger partial charge in [-0.15, -0.1) is 11.3 Å². The first-order valence-electron chi connectivity index (χ1n) is 12.3. The van der Waals surface area contributed by atoms with E-state index in [0.29, 0.717) is 44.4 Å². The Kier molecular flexibility index (Phi) is 9.37. The molecule has 1 heterocycles. The van der Waals surface area contributed by atoms with Gasteiger partial charge in [0.05, 0.1) is 16.6 Å². The number of benzene rings is 2. The molecule has 3 aromatic rings. The van der Waals surface area contributed by atoms with Gasteiger partial charge in [0.15, 0.2) is 18.1 Å². The Labute approximate surface area is 239 Å². The van der Waals surface area contributed by atoms with Crippen molar-refractivity contribution in [3.8, 4) is 23.6 Å². The van der Waals surface area contributed by atoms with Crippen LogP contribution in [0, 0.1) is 22.7 Å². The number of ether oxygens (including phenoxy) is 2. The van der Waals surface area contributed by atoms with Gasteiger partial charge in [0.25, 0.3) is 11.8 Å². The van der Waals surface area contributed by atoms with Gasteiger partial charge in [-0.3, -0.25) is 9.59 Å². The molecule has 0 aliphatic heterocycles. The highest BCUT2D eigenvalue weighted by molar-refractivity contribution is 9.10. The van der Waals surface area contributed by atoms with Crippen molar-refractivity contribution in [1.82, 2.24) is 0 Å². The van der Waals surface area contributed by atoms with Crippen molar-refractivity contribution in [3.63, 3.8) is 0 Å². The van der Waals surface area contributed by atoms with Crippen LogP contribution in [0.5, 0.6) is 11.5 Å².